The van der Waals surface area contributed by atoms with Crippen LogP contribution in [0.4, 0.5) is 0 Å². The molecule has 8 atom stereocenters. The molecule has 0 spiro atoms. The van der Waals surface area contributed by atoms with Crippen LogP contribution >= 0.6 is 0 Å². The second kappa shape index (κ2) is 7.82. The summed E-state index contributed by atoms with van der Waals surface area (Å²) in [7, 11) is 1.90. The number of allylic oxidation sites excluding steroid dienone is 4. The number of fused-ring (bicyclic) bond motifs is 5. The Balaban J connectivity index is 1.44. The molecule has 3 heteroatoms. The number of carbonyl (C=O) groups excluding carboxylic acids is 1. The van der Waals surface area contributed by atoms with Gasteiger partial charge in [0.05, 0.1) is 6.10 Å². The van der Waals surface area contributed by atoms with Crippen LogP contribution in [0.2, 0.25) is 0 Å². The molecule has 4 aliphatic carbocycles. The molecule has 0 unspecified atom stereocenters. The predicted octanol–water partition coefficient (Wildman–Crippen LogP) is 7.42. The van der Waals surface area contributed by atoms with Crippen LogP contribution in [0.3, 0.4) is 0 Å². The molecule has 0 bridgehead atoms. The SMILES string of the molecule is CO[C@@H]1CC[C@]2(C)C3=CC[C@]4(C)[C@@H]([C@H](C)C[C@@H]5C=C(C)C(=O)O5)CC[C@@]4(C)C3=CC[C@H]2C1(C)C. The van der Waals surface area contributed by atoms with Crippen LogP contribution in [0.25, 0.3) is 0 Å². The second-order valence-corrected chi connectivity index (χ2v) is 13.6. The number of methoxy groups -OCH3 is 1. The normalized spacial score (nSPS) is 45.9. The molecule has 188 valence electrons. The lowest BCUT2D eigenvalue weighted by Crippen LogP contribution is -2.55. The monoisotopic (exact) mass is 466 g/mol. The number of hydrogen-bond acceptors (Lipinski definition) is 3. The Morgan fingerprint density at radius 1 is 1.09 bits per heavy atom. The number of hydrogen-bond donors (Lipinski definition) is 0. The largest absolute Gasteiger partial charge is 0.455 e. The van der Waals surface area contributed by atoms with E-state index >= 15 is 0 Å². The summed E-state index contributed by atoms with van der Waals surface area (Å²) >= 11 is 0. The maximum Gasteiger partial charge on any atom is 0.334 e. The van der Waals surface area contributed by atoms with Gasteiger partial charge in [-0.05, 0) is 109 Å². The van der Waals surface area contributed by atoms with Gasteiger partial charge in [0, 0.05) is 12.7 Å². The van der Waals surface area contributed by atoms with Gasteiger partial charge >= 0.3 is 5.97 Å². The standard InChI is InChI=1S/C31H46O3/c1-19(17-21-18-20(2)27(32)34-21)22-11-15-31(7)24-9-10-25-28(3,4)26(33-8)13-14-29(25,5)23(24)12-16-30(22,31)6/h9,12,18-19,21-22,25-26H,10-11,13-17H2,1-8H3/t19-,21-,22-,25+,26-,29-,30-,31+/m1/s1. The Morgan fingerprint density at radius 2 is 1.82 bits per heavy atom. The molecule has 1 aliphatic heterocycles. The topological polar surface area (TPSA) is 35.5 Å². The molecule has 3 nitrogen and oxygen atoms in total. The highest BCUT2D eigenvalue weighted by molar-refractivity contribution is 5.90. The molecule has 0 aromatic carbocycles. The minimum atomic E-state index is -0.133. The van der Waals surface area contributed by atoms with Crippen LogP contribution < -0.4 is 0 Å². The second-order valence-electron chi connectivity index (χ2n) is 13.6. The predicted molar refractivity (Wildman–Crippen MR) is 137 cm³/mol. The Kier molecular flexibility index (Phi) is 5.60. The first-order valence-electron chi connectivity index (χ1n) is 13.7. The highest BCUT2D eigenvalue weighted by Gasteiger charge is 2.63. The van der Waals surface area contributed by atoms with Gasteiger partial charge in [0.2, 0.25) is 0 Å². The van der Waals surface area contributed by atoms with Crippen LogP contribution in [-0.2, 0) is 14.3 Å². The van der Waals surface area contributed by atoms with Crippen molar-refractivity contribution in [1.82, 2.24) is 0 Å². The molecule has 0 saturated heterocycles. The molecule has 5 aliphatic rings. The molecule has 0 N–H and O–H groups in total. The quantitative estimate of drug-likeness (QED) is 0.404. The van der Waals surface area contributed by atoms with Crippen LogP contribution in [0, 0.1) is 39.4 Å². The third kappa shape index (κ3) is 3.14. The molecular formula is C31H46O3. The molecule has 34 heavy (non-hydrogen) atoms. The molecule has 0 aromatic rings. The Labute approximate surface area is 207 Å². The highest BCUT2D eigenvalue weighted by atomic mass is 16.5. The number of rotatable bonds is 4. The number of ether oxygens (including phenoxy) is 2. The fourth-order valence-corrected chi connectivity index (χ4v) is 9.61. The lowest BCUT2D eigenvalue weighted by molar-refractivity contribution is -0.140. The molecule has 2 saturated carbocycles. The summed E-state index contributed by atoms with van der Waals surface area (Å²) in [6.45, 7) is 16.9. The van der Waals surface area contributed by atoms with Gasteiger partial charge < -0.3 is 9.47 Å². The van der Waals surface area contributed by atoms with E-state index in [1.54, 1.807) is 11.1 Å². The van der Waals surface area contributed by atoms with Gasteiger partial charge in [0.15, 0.2) is 0 Å². The highest BCUT2D eigenvalue weighted by Crippen LogP contribution is 2.71. The lowest BCUT2D eigenvalue weighted by Gasteiger charge is -2.61. The van der Waals surface area contributed by atoms with E-state index in [0.717, 1.165) is 18.4 Å². The summed E-state index contributed by atoms with van der Waals surface area (Å²) in [5.74, 6) is 1.68. The van der Waals surface area contributed by atoms with E-state index in [2.05, 4.69) is 53.7 Å². The van der Waals surface area contributed by atoms with Crippen molar-refractivity contribution < 1.29 is 14.3 Å². The molecule has 0 amide bonds. The van der Waals surface area contributed by atoms with E-state index in [1.807, 2.05) is 20.1 Å². The van der Waals surface area contributed by atoms with Gasteiger partial charge in [0.25, 0.3) is 0 Å². The van der Waals surface area contributed by atoms with Crippen molar-refractivity contribution in [3.05, 3.63) is 34.9 Å². The molecule has 0 aromatic heterocycles. The third-order valence-electron chi connectivity index (χ3n) is 11.8. The van der Waals surface area contributed by atoms with E-state index in [4.69, 9.17) is 9.47 Å². The fraction of sp³-hybridized carbons (Fsp3) is 0.774. The molecule has 5 rings (SSSR count). The first-order valence-corrected chi connectivity index (χ1v) is 13.7. The lowest BCUT2D eigenvalue weighted by atomic mass is 9.44. The molecule has 2 fully saturated rings. The average Bonchev–Trinajstić information content (AvgIpc) is 3.22. The van der Waals surface area contributed by atoms with Crippen molar-refractivity contribution in [3.8, 4) is 0 Å². The van der Waals surface area contributed by atoms with Crippen molar-refractivity contribution >= 4 is 5.97 Å². The number of carbonyl (C=O) groups is 1. The zero-order valence-electron chi connectivity index (χ0n) is 22.8. The first-order chi connectivity index (χ1) is 15.9. The van der Waals surface area contributed by atoms with E-state index in [9.17, 15) is 4.79 Å². The first kappa shape index (κ1) is 24.3. The van der Waals surface area contributed by atoms with Gasteiger partial charge in [-0.1, -0.05) is 53.7 Å². The summed E-state index contributed by atoms with van der Waals surface area (Å²) in [6, 6.07) is 0. The fourth-order valence-electron chi connectivity index (χ4n) is 9.61. The van der Waals surface area contributed by atoms with Crippen molar-refractivity contribution in [1.29, 1.82) is 0 Å². The minimum Gasteiger partial charge on any atom is -0.455 e. The molecule has 0 radical (unpaired) electrons. The average molecular weight is 467 g/mol. The summed E-state index contributed by atoms with van der Waals surface area (Å²) in [4.78, 5) is 11.9. The maximum atomic E-state index is 11.9. The maximum absolute atomic E-state index is 11.9. The zero-order chi connectivity index (χ0) is 24.7. The van der Waals surface area contributed by atoms with Gasteiger partial charge in [-0.25, -0.2) is 4.79 Å². The van der Waals surface area contributed by atoms with Crippen molar-refractivity contribution in [2.45, 2.75) is 106 Å². The Hall–Kier alpha value is -1.35. The van der Waals surface area contributed by atoms with Gasteiger partial charge in [-0.2, -0.15) is 0 Å². The van der Waals surface area contributed by atoms with E-state index in [-0.39, 0.29) is 33.7 Å². The number of cyclic esters (lactones) is 1. The van der Waals surface area contributed by atoms with Crippen LogP contribution in [0.5, 0.6) is 0 Å². The van der Waals surface area contributed by atoms with E-state index in [1.165, 1.54) is 32.1 Å². The number of esters is 1. The summed E-state index contributed by atoms with van der Waals surface area (Å²) in [6.07, 6.45) is 15.9. The summed E-state index contributed by atoms with van der Waals surface area (Å²) < 4.78 is 11.6. The molecular weight excluding hydrogens is 420 g/mol. The Morgan fingerprint density at radius 3 is 2.47 bits per heavy atom. The van der Waals surface area contributed by atoms with Crippen molar-refractivity contribution in [2.24, 2.45) is 39.4 Å². The van der Waals surface area contributed by atoms with Gasteiger partial charge in [-0.15, -0.1) is 0 Å². The van der Waals surface area contributed by atoms with Gasteiger partial charge in [0.1, 0.15) is 6.10 Å². The van der Waals surface area contributed by atoms with Crippen LogP contribution in [0.1, 0.15) is 93.4 Å². The van der Waals surface area contributed by atoms with Crippen molar-refractivity contribution in [3.63, 3.8) is 0 Å². The van der Waals surface area contributed by atoms with E-state index in [0.29, 0.717) is 23.9 Å². The summed E-state index contributed by atoms with van der Waals surface area (Å²) in [5, 5.41) is 0. The summed E-state index contributed by atoms with van der Waals surface area (Å²) in [5.41, 5.74) is 5.02. The van der Waals surface area contributed by atoms with Crippen LogP contribution in [-0.4, -0.2) is 25.3 Å². The molecule has 1 heterocycles. The van der Waals surface area contributed by atoms with Gasteiger partial charge in [-0.3, -0.25) is 0 Å². The third-order valence-corrected chi connectivity index (χ3v) is 11.8. The van der Waals surface area contributed by atoms with Crippen LogP contribution in [0.15, 0.2) is 34.9 Å². The zero-order valence-corrected chi connectivity index (χ0v) is 22.8. The smallest absolute Gasteiger partial charge is 0.334 e. The Bertz CT molecular complexity index is 969. The van der Waals surface area contributed by atoms with E-state index < -0.39 is 0 Å². The minimum absolute atomic E-state index is 0.0422. The van der Waals surface area contributed by atoms with Crippen molar-refractivity contribution in [2.75, 3.05) is 7.11 Å².